The van der Waals surface area contributed by atoms with Crippen LogP contribution in [0.2, 0.25) is 0 Å². The van der Waals surface area contributed by atoms with Crippen LogP contribution in [0.1, 0.15) is 41.9 Å². The number of hydrogen-bond acceptors (Lipinski definition) is 6. The van der Waals surface area contributed by atoms with E-state index in [1.807, 2.05) is 57.2 Å². The van der Waals surface area contributed by atoms with E-state index < -0.39 is 0 Å². The number of hydrogen-bond donors (Lipinski definition) is 2. The minimum Gasteiger partial charge on any atom is -0.392 e. The van der Waals surface area contributed by atoms with Crippen LogP contribution >= 0.6 is 0 Å². The normalized spacial score (nSPS) is 20.0. The van der Waals surface area contributed by atoms with Gasteiger partial charge >= 0.3 is 0 Å². The second-order valence-electron chi connectivity index (χ2n) is 6.87. The minimum absolute atomic E-state index is 0.0435. The molecule has 1 aliphatic heterocycles. The van der Waals surface area contributed by atoms with E-state index in [4.69, 9.17) is 0 Å². The fraction of sp³-hybridized carbons (Fsp3) is 0.167. The van der Waals surface area contributed by atoms with Gasteiger partial charge in [-0.15, -0.1) is 0 Å². The van der Waals surface area contributed by atoms with E-state index in [0.717, 1.165) is 39.4 Å². The van der Waals surface area contributed by atoms with E-state index in [0.29, 0.717) is 11.3 Å². The fourth-order valence-electron chi connectivity index (χ4n) is 2.90. The molecule has 6 heteroatoms. The largest absolute Gasteiger partial charge is 0.392 e. The Balaban J connectivity index is 2.03. The number of nitrogens with zero attached hydrogens (tertiary/aromatic N) is 4. The van der Waals surface area contributed by atoms with Gasteiger partial charge in [-0.25, -0.2) is 0 Å². The van der Waals surface area contributed by atoms with E-state index in [-0.39, 0.29) is 6.61 Å². The summed E-state index contributed by atoms with van der Waals surface area (Å²) in [5, 5.41) is 22.3. The van der Waals surface area contributed by atoms with Gasteiger partial charge in [0, 0.05) is 41.8 Å². The van der Waals surface area contributed by atoms with E-state index in [1.165, 1.54) is 0 Å². The highest BCUT2D eigenvalue weighted by atomic mass is 16.3. The summed E-state index contributed by atoms with van der Waals surface area (Å²) in [6.45, 7) is 5.91. The lowest BCUT2D eigenvalue weighted by molar-refractivity contribution is 0.281. The van der Waals surface area contributed by atoms with Crippen LogP contribution in [-0.4, -0.2) is 21.3 Å². The van der Waals surface area contributed by atoms with Gasteiger partial charge in [0.25, 0.3) is 0 Å². The molecule has 0 amide bonds. The predicted molar refractivity (Wildman–Crippen MR) is 120 cm³/mol. The second-order valence-corrected chi connectivity index (χ2v) is 6.87. The fourth-order valence-corrected chi connectivity index (χ4v) is 2.90. The van der Waals surface area contributed by atoms with Crippen molar-refractivity contribution in [3.8, 4) is 6.07 Å². The predicted octanol–water partition coefficient (Wildman–Crippen LogP) is 4.55. The third kappa shape index (κ3) is 4.77. The maximum absolute atomic E-state index is 9.67. The smallest absolute Gasteiger partial charge is 0.103 e. The maximum Gasteiger partial charge on any atom is 0.103 e. The van der Waals surface area contributed by atoms with Crippen LogP contribution in [0, 0.1) is 18.3 Å². The van der Waals surface area contributed by atoms with Crippen LogP contribution in [-0.2, 0) is 6.61 Å². The van der Waals surface area contributed by atoms with Crippen molar-refractivity contribution in [2.24, 2.45) is 4.99 Å². The first-order valence-electron chi connectivity index (χ1n) is 9.52. The van der Waals surface area contributed by atoms with Gasteiger partial charge in [0.15, 0.2) is 0 Å². The molecule has 0 saturated heterocycles. The number of aromatic nitrogens is 2. The Bertz CT molecular complexity index is 1130. The Morgan fingerprint density at radius 2 is 1.97 bits per heavy atom. The lowest BCUT2D eigenvalue weighted by Gasteiger charge is -2.18. The van der Waals surface area contributed by atoms with E-state index >= 15 is 0 Å². The lowest BCUT2D eigenvalue weighted by Crippen LogP contribution is -2.08. The summed E-state index contributed by atoms with van der Waals surface area (Å²) in [5.74, 6) is 0. The molecule has 3 heterocycles. The number of aliphatic imine (C=N–C) groups is 1. The Kier molecular flexibility index (Phi) is 6.68. The SMILES string of the molecule is CC1=C(C)\C(Nc2c(C#N)cnc(C)c2/C=C/c2ccc(CO)cn2)=C/C=N/C=C\1. The molecule has 0 radical (unpaired) electrons. The van der Waals surface area contributed by atoms with Crippen molar-refractivity contribution >= 4 is 24.1 Å². The Morgan fingerprint density at radius 3 is 2.67 bits per heavy atom. The lowest BCUT2D eigenvalue weighted by atomic mass is 10.0. The highest BCUT2D eigenvalue weighted by molar-refractivity contribution is 5.83. The van der Waals surface area contributed by atoms with Gasteiger partial charge in [-0.05, 0) is 67.9 Å². The van der Waals surface area contributed by atoms with Crippen LogP contribution < -0.4 is 5.32 Å². The zero-order valence-electron chi connectivity index (χ0n) is 17.2. The van der Waals surface area contributed by atoms with Gasteiger partial charge in [0.1, 0.15) is 6.07 Å². The van der Waals surface area contributed by atoms with Crippen molar-refractivity contribution in [2.75, 3.05) is 5.32 Å². The molecule has 0 aromatic carbocycles. The average Bonchev–Trinajstić information content (AvgIpc) is 2.76. The van der Waals surface area contributed by atoms with Gasteiger partial charge in [-0.3, -0.25) is 15.0 Å². The van der Waals surface area contributed by atoms with Crippen molar-refractivity contribution in [1.29, 1.82) is 5.26 Å². The molecule has 0 fully saturated rings. The highest BCUT2D eigenvalue weighted by Gasteiger charge is 2.14. The molecule has 0 bridgehead atoms. The quantitative estimate of drug-likeness (QED) is 0.772. The summed E-state index contributed by atoms with van der Waals surface area (Å²) in [5.41, 5.74) is 7.24. The third-order valence-electron chi connectivity index (χ3n) is 4.88. The molecule has 0 saturated carbocycles. The van der Waals surface area contributed by atoms with Crippen LogP contribution in [0.5, 0.6) is 0 Å². The van der Waals surface area contributed by atoms with Crippen molar-refractivity contribution in [2.45, 2.75) is 27.4 Å². The molecule has 6 nitrogen and oxygen atoms in total. The van der Waals surface area contributed by atoms with Crippen LogP contribution in [0.3, 0.4) is 0 Å². The molecule has 1 aliphatic rings. The van der Waals surface area contributed by atoms with Crippen LogP contribution in [0.15, 0.2) is 64.7 Å². The first-order chi connectivity index (χ1) is 14.5. The summed E-state index contributed by atoms with van der Waals surface area (Å²) in [6, 6.07) is 5.89. The van der Waals surface area contributed by atoms with Crippen molar-refractivity contribution in [3.63, 3.8) is 0 Å². The van der Waals surface area contributed by atoms with Gasteiger partial charge < -0.3 is 10.4 Å². The topological polar surface area (TPSA) is 94.2 Å². The Labute approximate surface area is 176 Å². The van der Waals surface area contributed by atoms with Crippen molar-refractivity contribution in [3.05, 3.63) is 87.8 Å². The molecular formula is C24H23N5O. The third-order valence-corrected chi connectivity index (χ3v) is 4.88. The van der Waals surface area contributed by atoms with Crippen LogP contribution in [0.4, 0.5) is 5.69 Å². The number of aliphatic hydroxyl groups excluding tert-OH is 1. The number of aryl methyl sites for hydroxylation is 1. The number of rotatable bonds is 5. The van der Waals surface area contributed by atoms with Gasteiger partial charge in [0.05, 0.1) is 23.6 Å². The number of nitrogens with one attached hydrogen (secondary N) is 1. The second kappa shape index (κ2) is 9.59. The molecule has 30 heavy (non-hydrogen) atoms. The highest BCUT2D eigenvalue weighted by Crippen LogP contribution is 2.28. The Hall–Kier alpha value is -3.82. The molecule has 0 spiro atoms. The summed E-state index contributed by atoms with van der Waals surface area (Å²) in [7, 11) is 0. The number of pyridine rings is 2. The molecule has 2 aromatic rings. The molecule has 0 aliphatic carbocycles. The number of allylic oxidation sites excluding steroid dienone is 4. The zero-order chi connectivity index (χ0) is 21.5. The number of nitriles is 1. The number of anilines is 1. The summed E-state index contributed by atoms with van der Waals surface area (Å²) in [6.07, 6.45) is 14.3. The molecule has 3 rings (SSSR count). The molecule has 0 unspecified atom stereocenters. The summed E-state index contributed by atoms with van der Waals surface area (Å²) in [4.78, 5) is 12.9. The molecular weight excluding hydrogens is 374 g/mol. The number of aliphatic hydroxyl groups is 1. The van der Waals surface area contributed by atoms with E-state index in [9.17, 15) is 10.4 Å². The Morgan fingerprint density at radius 1 is 1.13 bits per heavy atom. The minimum atomic E-state index is -0.0435. The summed E-state index contributed by atoms with van der Waals surface area (Å²) < 4.78 is 0. The molecule has 150 valence electrons. The van der Waals surface area contributed by atoms with E-state index in [2.05, 4.69) is 26.3 Å². The average molecular weight is 397 g/mol. The van der Waals surface area contributed by atoms with Crippen molar-refractivity contribution in [1.82, 2.24) is 9.97 Å². The van der Waals surface area contributed by atoms with Gasteiger partial charge in [-0.2, -0.15) is 5.26 Å². The summed E-state index contributed by atoms with van der Waals surface area (Å²) >= 11 is 0. The van der Waals surface area contributed by atoms with Crippen molar-refractivity contribution < 1.29 is 5.11 Å². The first kappa shape index (κ1) is 20.9. The van der Waals surface area contributed by atoms with Gasteiger partial charge in [0.2, 0.25) is 0 Å². The van der Waals surface area contributed by atoms with E-state index in [1.54, 1.807) is 24.8 Å². The monoisotopic (exact) mass is 397 g/mol. The maximum atomic E-state index is 9.67. The first-order valence-corrected chi connectivity index (χ1v) is 9.52. The molecule has 2 aromatic heterocycles. The molecule has 2 N–H and O–H groups in total. The standard InChI is InChI=1S/C24H23N5O/c1-16-8-10-26-11-9-23(17(16)2)29-24-20(12-25)14-27-18(3)22(24)7-6-21-5-4-19(15-30)13-28-21/h4-11,13-14,30H,15H2,1-3H3,(H,27,29)/b7-6+,10-8-,11-9?,16-8?,17-16+,23-9+,23-17?,26-10?,26-11+. The van der Waals surface area contributed by atoms with Gasteiger partial charge in [-0.1, -0.05) is 6.07 Å². The molecule has 0 atom stereocenters. The zero-order valence-corrected chi connectivity index (χ0v) is 17.2. The van der Waals surface area contributed by atoms with Crippen LogP contribution in [0.25, 0.3) is 12.2 Å².